The molecule has 3 aliphatic carbocycles. The zero-order valence-electron chi connectivity index (χ0n) is 28.8. The van der Waals surface area contributed by atoms with E-state index in [4.69, 9.17) is 14.2 Å². The van der Waals surface area contributed by atoms with E-state index in [1.54, 1.807) is 21.3 Å². The van der Waals surface area contributed by atoms with Crippen LogP contribution in [0.2, 0.25) is 0 Å². The van der Waals surface area contributed by atoms with Crippen molar-refractivity contribution >= 4 is 0 Å². The molecular weight excluding hydrogens is 625 g/mol. The Kier molecular flexibility index (Phi) is 6.72. The number of ether oxygens (including phenoxy) is 3. The van der Waals surface area contributed by atoms with Crippen molar-refractivity contribution in [2.45, 2.75) is 17.8 Å². The molecule has 0 radical (unpaired) electrons. The molecule has 3 atom stereocenters. The summed E-state index contributed by atoms with van der Waals surface area (Å²) in [5.74, 6) is 2.68. The molecule has 0 bridgehead atoms. The highest BCUT2D eigenvalue weighted by atomic mass is 16.5. The first-order chi connectivity index (χ1) is 25.2. The first kappa shape index (κ1) is 29.8. The van der Waals surface area contributed by atoms with Crippen LogP contribution in [0.4, 0.5) is 0 Å². The standard InChI is InChI=1S/C48H36O3/c1-49-31-16-10-13-28(25-31)40-34-19-4-7-22-37(34)43-46(40)44-38-23-8-5-20-35(38)41(29-14-11-17-32(26-29)50-2)48(44)45-39-24-9-6-21-36(39)42(47(43)45)30-15-12-18-33(27-30)51-3/h4-27,40-42H,1-3H3/t40-,41-,42-/m1/s1. The Morgan fingerprint density at radius 3 is 0.922 bits per heavy atom. The molecule has 3 heteroatoms. The van der Waals surface area contributed by atoms with Crippen molar-refractivity contribution in [3.8, 4) is 50.6 Å². The van der Waals surface area contributed by atoms with E-state index in [9.17, 15) is 0 Å². The van der Waals surface area contributed by atoms with Crippen molar-refractivity contribution in [3.05, 3.63) is 196 Å². The largest absolute Gasteiger partial charge is 0.497 e. The third-order valence-electron chi connectivity index (χ3n) is 11.4. The van der Waals surface area contributed by atoms with E-state index in [0.717, 1.165) is 17.2 Å². The van der Waals surface area contributed by atoms with Crippen molar-refractivity contribution in [3.63, 3.8) is 0 Å². The zero-order chi connectivity index (χ0) is 34.2. The van der Waals surface area contributed by atoms with Crippen molar-refractivity contribution in [1.29, 1.82) is 0 Å². The van der Waals surface area contributed by atoms with Crippen LogP contribution in [0.3, 0.4) is 0 Å². The summed E-state index contributed by atoms with van der Waals surface area (Å²) in [6.07, 6.45) is 0. The van der Waals surface area contributed by atoms with Crippen molar-refractivity contribution in [2.75, 3.05) is 21.3 Å². The molecular formula is C48H36O3. The van der Waals surface area contributed by atoms with Gasteiger partial charge in [-0.05, 0) is 120 Å². The molecule has 10 rings (SSSR count). The molecule has 3 nitrogen and oxygen atoms in total. The quantitative estimate of drug-likeness (QED) is 0.178. The summed E-state index contributed by atoms with van der Waals surface area (Å²) in [5.41, 5.74) is 19.9. The third kappa shape index (κ3) is 4.24. The van der Waals surface area contributed by atoms with Gasteiger partial charge < -0.3 is 14.2 Å². The lowest BCUT2D eigenvalue weighted by Gasteiger charge is -2.25. The predicted octanol–water partition coefficient (Wildman–Crippen LogP) is 11.2. The normalized spacial score (nSPS) is 17.1. The summed E-state index contributed by atoms with van der Waals surface area (Å²) in [6, 6.07) is 53.2. The molecule has 0 saturated carbocycles. The van der Waals surface area contributed by atoms with Gasteiger partial charge in [-0.15, -0.1) is 0 Å². The summed E-state index contributed by atoms with van der Waals surface area (Å²) in [7, 11) is 5.27. The number of rotatable bonds is 6. The molecule has 0 aromatic heterocycles. The minimum Gasteiger partial charge on any atom is -0.497 e. The van der Waals surface area contributed by atoms with E-state index in [-0.39, 0.29) is 17.8 Å². The monoisotopic (exact) mass is 660 g/mol. The summed E-state index contributed by atoms with van der Waals surface area (Å²) in [5, 5.41) is 0. The zero-order valence-corrected chi connectivity index (χ0v) is 28.8. The van der Waals surface area contributed by atoms with Crippen LogP contribution in [0.5, 0.6) is 17.2 Å². The Morgan fingerprint density at radius 1 is 0.333 bits per heavy atom. The van der Waals surface area contributed by atoms with Crippen molar-refractivity contribution < 1.29 is 14.2 Å². The molecule has 246 valence electrons. The van der Waals surface area contributed by atoms with Crippen LogP contribution >= 0.6 is 0 Å². The van der Waals surface area contributed by atoms with Crippen LogP contribution in [0.1, 0.15) is 67.8 Å². The second-order valence-electron chi connectivity index (χ2n) is 13.8. The highest BCUT2D eigenvalue weighted by Gasteiger charge is 2.47. The number of benzene rings is 7. The lowest BCUT2D eigenvalue weighted by Crippen LogP contribution is -2.08. The Bertz CT molecular complexity index is 2230. The predicted molar refractivity (Wildman–Crippen MR) is 205 cm³/mol. The molecule has 0 spiro atoms. The maximum absolute atomic E-state index is 5.83. The summed E-state index contributed by atoms with van der Waals surface area (Å²) in [4.78, 5) is 0. The van der Waals surface area contributed by atoms with Gasteiger partial charge in [0.1, 0.15) is 17.2 Å². The SMILES string of the molecule is COc1cccc([C@@H]2c3ccccc3-c3c2c2c(c4c3[C@H](c3cccc(OC)c3)c3ccccc3-4)[C@H](c3cccc(OC)c3)c3ccccc3-2)c1. The molecule has 0 unspecified atom stereocenters. The summed E-state index contributed by atoms with van der Waals surface area (Å²) >= 11 is 0. The average Bonchev–Trinajstić information content (AvgIpc) is 3.84. The molecule has 51 heavy (non-hydrogen) atoms. The number of methoxy groups -OCH3 is 3. The van der Waals surface area contributed by atoms with Crippen LogP contribution in [0.15, 0.2) is 146 Å². The maximum Gasteiger partial charge on any atom is 0.119 e. The highest BCUT2D eigenvalue weighted by molar-refractivity contribution is 6.04. The lowest BCUT2D eigenvalue weighted by atomic mass is 9.77. The smallest absolute Gasteiger partial charge is 0.119 e. The first-order valence-electron chi connectivity index (χ1n) is 17.6. The number of hydrogen-bond donors (Lipinski definition) is 0. The van der Waals surface area contributed by atoms with Gasteiger partial charge in [0, 0.05) is 17.8 Å². The van der Waals surface area contributed by atoms with Gasteiger partial charge in [0.15, 0.2) is 0 Å². The molecule has 0 aliphatic heterocycles. The second kappa shape index (κ2) is 11.5. The average molecular weight is 661 g/mol. The van der Waals surface area contributed by atoms with E-state index in [1.807, 2.05) is 18.2 Å². The van der Waals surface area contributed by atoms with E-state index < -0.39 is 0 Å². The minimum absolute atomic E-state index is 0.0251. The van der Waals surface area contributed by atoms with Crippen molar-refractivity contribution in [2.24, 2.45) is 0 Å². The van der Waals surface area contributed by atoms with Gasteiger partial charge in [-0.1, -0.05) is 109 Å². The van der Waals surface area contributed by atoms with Gasteiger partial charge in [-0.2, -0.15) is 0 Å². The maximum atomic E-state index is 5.83. The Morgan fingerprint density at radius 2 is 0.627 bits per heavy atom. The van der Waals surface area contributed by atoms with Gasteiger partial charge in [0.25, 0.3) is 0 Å². The van der Waals surface area contributed by atoms with Gasteiger partial charge in [0.05, 0.1) is 21.3 Å². The minimum atomic E-state index is 0.0251. The van der Waals surface area contributed by atoms with E-state index in [0.29, 0.717) is 0 Å². The topological polar surface area (TPSA) is 27.7 Å². The molecule has 7 aromatic rings. The summed E-state index contributed by atoms with van der Waals surface area (Å²) < 4.78 is 17.5. The molecule has 3 aliphatic rings. The molecule has 7 aromatic carbocycles. The number of hydrogen-bond acceptors (Lipinski definition) is 3. The third-order valence-corrected chi connectivity index (χ3v) is 11.4. The van der Waals surface area contributed by atoms with E-state index >= 15 is 0 Å². The second-order valence-corrected chi connectivity index (χ2v) is 13.8. The van der Waals surface area contributed by atoms with Gasteiger partial charge >= 0.3 is 0 Å². The van der Waals surface area contributed by atoms with Gasteiger partial charge in [-0.25, -0.2) is 0 Å². The van der Waals surface area contributed by atoms with Gasteiger partial charge in [0.2, 0.25) is 0 Å². The molecule has 0 fully saturated rings. The molecule has 0 saturated heterocycles. The fourth-order valence-electron chi connectivity index (χ4n) is 9.44. The summed E-state index contributed by atoms with van der Waals surface area (Å²) in [6.45, 7) is 0. The van der Waals surface area contributed by atoms with E-state index in [1.165, 1.54) is 83.5 Å². The fraction of sp³-hybridized carbons (Fsp3) is 0.125. The Labute approximate surface area is 298 Å². The van der Waals surface area contributed by atoms with Crippen LogP contribution in [0.25, 0.3) is 33.4 Å². The number of fused-ring (bicyclic) bond motifs is 12. The van der Waals surface area contributed by atoms with Crippen molar-refractivity contribution in [1.82, 2.24) is 0 Å². The first-order valence-corrected chi connectivity index (χ1v) is 17.6. The Hall–Kier alpha value is -6.06. The van der Waals surface area contributed by atoms with Crippen LogP contribution in [-0.4, -0.2) is 21.3 Å². The van der Waals surface area contributed by atoms with Crippen LogP contribution in [-0.2, 0) is 0 Å². The lowest BCUT2D eigenvalue weighted by molar-refractivity contribution is 0.414. The van der Waals surface area contributed by atoms with Crippen LogP contribution < -0.4 is 14.2 Å². The highest BCUT2D eigenvalue weighted by Crippen LogP contribution is 2.66. The molecule has 0 N–H and O–H groups in total. The van der Waals surface area contributed by atoms with E-state index in [2.05, 4.69) is 127 Å². The molecule has 0 amide bonds. The Balaban J connectivity index is 1.41. The van der Waals surface area contributed by atoms with Gasteiger partial charge in [-0.3, -0.25) is 0 Å². The molecule has 0 heterocycles. The fourth-order valence-corrected chi connectivity index (χ4v) is 9.44. The van der Waals surface area contributed by atoms with Crippen LogP contribution in [0, 0.1) is 0 Å².